The molecule has 2 rings (SSSR count). The number of nitrogens with one attached hydrogen (secondary N) is 3. The molecule has 3 N–H and O–H groups in total. The van der Waals surface area contributed by atoms with Crippen molar-refractivity contribution in [1.29, 1.82) is 0 Å². The van der Waals surface area contributed by atoms with Gasteiger partial charge in [0.15, 0.2) is 5.96 Å². The van der Waals surface area contributed by atoms with Crippen molar-refractivity contribution in [2.24, 2.45) is 4.99 Å². The Kier molecular flexibility index (Phi) is 12.2. The highest BCUT2D eigenvalue weighted by molar-refractivity contribution is 14.0. The van der Waals surface area contributed by atoms with Gasteiger partial charge in [0.05, 0.1) is 0 Å². The molecule has 0 unspecified atom stereocenters. The fourth-order valence-corrected chi connectivity index (χ4v) is 3.32. The van der Waals surface area contributed by atoms with Gasteiger partial charge < -0.3 is 16.0 Å². The van der Waals surface area contributed by atoms with E-state index >= 15 is 0 Å². The van der Waals surface area contributed by atoms with Crippen LogP contribution in [-0.2, 0) is 17.9 Å². The molecule has 0 radical (unpaired) electrons. The quantitative estimate of drug-likeness (QED) is 0.245. The molecular weight excluding hydrogens is 505 g/mol. The van der Waals surface area contributed by atoms with Gasteiger partial charge in [-0.3, -0.25) is 19.4 Å². The second kappa shape index (κ2) is 14.0. The maximum atomic E-state index is 12.2. The van der Waals surface area contributed by atoms with Gasteiger partial charge in [-0.05, 0) is 51.5 Å². The molecule has 1 amide bonds. The average molecular weight is 541 g/mol. The van der Waals surface area contributed by atoms with E-state index in [1.54, 1.807) is 30.2 Å². The van der Waals surface area contributed by atoms with Crippen LogP contribution in [0.3, 0.4) is 0 Å². The minimum absolute atomic E-state index is 0. The van der Waals surface area contributed by atoms with E-state index in [4.69, 9.17) is 0 Å². The third-order valence-electron chi connectivity index (χ3n) is 4.75. The summed E-state index contributed by atoms with van der Waals surface area (Å²) in [4.78, 5) is 18.9. The summed E-state index contributed by atoms with van der Waals surface area (Å²) >= 11 is 0. The maximum absolute atomic E-state index is 12.2. The molecule has 9 heteroatoms. The molecule has 0 saturated carbocycles. The van der Waals surface area contributed by atoms with Gasteiger partial charge in [0.2, 0.25) is 5.91 Å². The fourth-order valence-electron chi connectivity index (χ4n) is 3.32. The Bertz CT molecular complexity index is 798. The number of amides is 1. The predicted octanol–water partition coefficient (Wildman–Crippen LogP) is 2.92. The lowest BCUT2D eigenvalue weighted by molar-refractivity contribution is -0.116. The zero-order valence-corrected chi connectivity index (χ0v) is 21.5. The number of guanidine groups is 1. The predicted molar refractivity (Wildman–Crippen MR) is 138 cm³/mol. The van der Waals surface area contributed by atoms with Crippen LogP contribution in [0.2, 0.25) is 0 Å². The lowest BCUT2D eigenvalue weighted by Crippen LogP contribution is -2.45. The monoisotopic (exact) mass is 541 g/mol. The number of anilines is 1. The second-order valence-electron chi connectivity index (χ2n) is 7.73. The van der Waals surface area contributed by atoms with Crippen molar-refractivity contribution in [1.82, 2.24) is 25.3 Å². The summed E-state index contributed by atoms with van der Waals surface area (Å²) in [6.45, 7) is 11.4. The summed E-state index contributed by atoms with van der Waals surface area (Å²) in [5.41, 5.74) is 1.82. The molecule has 1 aromatic carbocycles. The fraction of sp³-hybridized carbons (Fsp3) is 0.500. The topological polar surface area (TPSA) is 86.6 Å². The van der Waals surface area contributed by atoms with E-state index in [1.807, 2.05) is 24.3 Å². The molecule has 1 aromatic heterocycles. The molecule has 1 heterocycles. The van der Waals surface area contributed by atoms with Gasteiger partial charge in [-0.25, -0.2) is 0 Å². The van der Waals surface area contributed by atoms with Crippen LogP contribution in [0.4, 0.5) is 5.69 Å². The van der Waals surface area contributed by atoms with Gasteiger partial charge >= 0.3 is 0 Å². The molecule has 0 spiro atoms. The van der Waals surface area contributed by atoms with Gasteiger partial charge in [0.1, 0.15) is 6.54 Å². The number of carbonyl (C=O) groups excluding carboxylic acids is 1. The third-order valence-corrected chi connectivity index (χ3v) is 4.75. The molecule has 0 saturated heterocycles. The van der Waals surface area contributed by atoms with E-state index in [1.165, 1.54) is 0 Å². The number of rotatable bonds is 10. The largest absolute Gasteiger partial charge is 0.355 e. The Hall–Kier alpha value is -2.14. The molecular formula is C22H36IN7O. The maximum Gasteiger partial charge on any atom is 0.246 e. The highest BCUT2D eigenvalue weighted by Crippen LogP contribution is 2.11. The summed E-state index contributed by atoms with van der Waals surface area (Å²) in [7, 11) is 1.77. The Morgan fingerprint density at radius 1 is 1.16 bits per heavy atom. The molecule has 2 aromatic rings. The van der Waals surface area contributed by atoms with E-state index in [-0.39, 0.29) is 36.4 Å². The summed E-state index contributed by atoms with van der Waals surface area (Å²) in [6, 6.07) is 10.6. The molecule has 0 fully saturated rings. The van der Waals surface area contributed by atoms with Crippen LogP contribution in [0.5, 0.6) is 0 Å². The number of aliphatic imine (C=N–C) groups is 1. The van der Waals surface area contributed by atoms with Gasteiger partial charge in [0, 0.05) is 56.8 Å². The normalized spacial score (nSPS) is 11.5. The zero-order chi connectivity index (χ0) is 21.9. The van der Waals surface area contributed by atoms with Crippen molar-refractivity contribution < 1.29 is 4.79 Å². The van der Waals surface area contributed by atoms with Crippen molar-refractivity contribution in [3.63, 3.8) is 0 Å². The third kappa shape index (κ3) is 9.69. The van der Waals surface area contributed by atoms with Crippen LogP contribution in [0.25, 0.3) is 0 Å². The first-order valence-electron chi connectivity index (χ1n) is 10.5. The van der Waals surface area contributed by atoms with E-state index in [0.717, 1.165) is 30.3 Å². The minimum atomic E-state index is -0.110. The molecule has 0 aliphatic carbocycles. The Morgan fingerprint density at radius 3 is 2.52 bits per heavy atom. The zero-order valence-electron chi connectivity index (χ0n) is 19.1. The van der Waals surface area contributed by atoms with E-state index < -0.39 is 0 Å². The number of nitrogens with zero attached hydrogens (tertiary/aromatic N) is 4. The molecule has 0 aliphatic rings. The van der Waals surface area contributed by atoms with E-state index in [0.29, 0.717) is 18.6 Å². The summed E-state index contributed by atoms with van der Waals surface area (Å²) in [6.07, 6.45) is 3.42. The van der Waals surface area contributed by atoms with Gasteiger partial charge in [-0.2, -0.15) is 5.10 Å². The van der Waals surface area contributed by atoms with Gasteiger partial charge in [0.25, 0.3) is 0 Å². The van der Waals surface area contributed by atoms with E-state index in [2.05, 4.69) is 58.6 Å². The summed E-state index contributed by atoms with van der Waals surface area (Å²) < 4.78 is 1.59. The molecule has 31 heavy (non-hydrogen) atoms. The van der Waals surface area contributed by atoms with Gasteiger partial charge in [-0.1, -0.05) is 12.1 Å². The second-order valence-corrected chi connectivity index (χ2v) is 7.73. The van der Waals surface area contributed by atoms with Crippen molar-refractivity contribution in [2.45, 2.75) is 52.9 Å². The Morgan fingerprint density at radius 2 is 1.90 bits per heavy atom. The van der Waals surface area contributed by atoms with Crippen LogP contribution in [0, 0.1) is 0 Å². The number of benzene rings is 1. The number of carbonyl (C=O) groups is 1. The molecule has 8 nitrogen and oxygen atoms in total. The highest BCUT2D eigenvalue weighted by Gasteiger charge is 2.12. The standard InChI is InChI=1S/C22H35N7O.HI/c1-17(2)29(18(3)4)13-11-24-22(23-5)25-15-19-8-6-9-20(14-19)27-21(30)16-28-12-7-10-26-28;/h6-10,12,14,17-18H,11,13,15-16H2,1-5H3,(H,27,30)(H2,23,24,25);1H. The lowest BCUT2D eigenvalue weighted by atomic mass is 10.2. The highest BCUT2D eigenvalue weighted by atomic mass is 127. The summed E-state index contributed by atoms with van der Waals surface area (Å²) in [5.74, 6) is 0.650. The first-order valence-corrected chi connectivity index (χ1v) is 10.5. The lowest BCUT2D eigenvalue weighted by Gasteiger charge is -2.30. The van der Waals surface area contributed by atoms with Crippen molar-refractivity contribution >= 4 is 41.5 Å². The molecule has 0 aliphatic heterocycles. The average Bonchev–Trinajstić information content (AvgIpc) is 3.20. The minimum Gasteiger partial charge on any atom is -0.355 e. The summed E-state index contributed by atoms with van der Waals surface area (Å²) in [5, 5.41) is 13.7. The van der Waals surface area contributed by atoms with Crippen LogP contribution < -0.4 is 16.0 Å². The molecule has 0 bridgehead atoms. The number of aromatic nitrogens is 2. The number of hydrogen-bond donors (Lipinski definition) is 3. The SMILES string of the molecule is CN=C(NCCN(C(C)C)C(C)C)NCc1cccc(NC(=O)Cn2cccn2)c1.I. The first-order chi connectivity index (χ1) is 14.4. The van der Waals surface area contributed by atoms with Crippen LogP contribution in [0.15, 0.2) is 47.7 Å². The Balaban J connectivity index is 0.00000480. The number of hydrogen-bond acceptors (Lipinski definition) is 4. The number of halogens is 1. The van der Waals surface area contributed by atoms with Gasteiger partial charge in [-0.15, -0.1) is 24.0 Å². The van der Waals surface area contributed by atoms with Crippen LogP contribution in [-0.4, -0.2) is 58.8 Å². The molecule has 172 valence electrons. The van der Waals surface area contributed by atoms with Crippen molar-refractivity contribution in [2.75, 3.05) is 25.5 Å². The van der Waals surface area contributed by atoms with Crippen molar-refractivity contribution in [3.8, 4) is 0 Å². The molecule has 0 atom stereocenters. The van der Waals surface area contributed by atoms with E-state index in [9.17, 15) is 4.79 Å². The van der Waals surface area contributed by atoms with Crippen LogP contribution in [0.1, 0.15) is 33.3 Å². The Labute approximate surface area is 202 Å². The smallest absolute Gasteiger partial charge is 0.246 e. The van der Waals surface area contributed by atoms with Crippen molar-refractivity contribution in [3.05, 3.63) is 48.3 Å². The van der Waals surface area contributed by atoms with Crippen LogP contribution >= 0.6 is 24.0 Å². The first kappa shape index (κ1) is 26.9.